The van der Waals surface area contributed by atoms with E-state index in [9.17, 15) is 9.59 Å². The number of esters is 1. The number of hydrogen-bond acceptors (Lipinski definition) is 5. The van der Waals surface area contributed by atoms with Crippen LogP contribution in [0.25, 0.3) is 0 Å². The summed E-state index contributed by atoms with van der Waals surface area (Å²) in [6, 6.07) is 8.43. The second-order valence-corrected chi connectivity index (χ2v) is 5.45. The lowest BCUT2D eigenvalue weighted by Crippen LogP contribution is -2.38. The zero-order valence-corrected chi connectivity index (χ0v) is 13.0. The predicted molar refractivity (Wildman–Crippen MR) is 83.7 cm³/mol. The summed E-state index contributed by atoms with van der Waals surface area (Å²) in [4.78, 5) is 25.8. The molecule has 0 aliphatic carbocycles. The molecule has 0 aromatic heterocycles. The summed E-state index contributed by atoms with van der Waals surface area (Å²) < 4.78 is 10.4. The van der Waals surface area contributed by atoms with Gasteiger partial charge in [0.2, 0.25) is 6.23 Å². The monoisotopic (exact) mass is 337 g/mol. The Bertz CT molecular complexity index is 629. The average molecular weight is 338 g/mol. The first-order valence-corrected chi connectivity index (χ1v) is 7.59. The van der Waals surface area contributed by atoms with Crippen LogP contribution in [0.2, 0.25) is 0 Å². The van der Waals surface area contributed by atoms with Gasteiger partial charge in [-0.1, -0.05) is 29.8 Å². The van der Waals surface area contributed by atoms with E-state index in [-0.39, 0.29) is 5.03 Å². The Labute approximate surface area is 138 Å². The summed E-state index contributed by atoms with van der Waals surface area (Å²) in [5.74, 6) is -0.540. The van der Waals surface area contributed by atoms with Crippen LogP contribution in [0.15, 0.2) is 41.1 Å². The van der Waals surface area contributed by atoms with Gasteiger partial charge in [0.1, 0.15) is 10.7 Å². The van der Waals surface area contributed by atoms with Crippen molar-refractivity contribution in [3.8, 4) is 0 Å². The Morgan fingerprint density at radius 1 is 1.22 bits per heavy atom. The third kappa shape index (κ3) is 3.57. The van der Waals surface area contributed by atoms with Crippen LogP contribution in [0.1, 0.15) is 0 Å². The summed E-state index contributed by atoms with van der Waals surface area (Å²) in [7, 11) is 0. The van der Waals surface area contributed by atoms with Crippen LogP contribution in [-0.4, -0.2) is 49.4 Å². The van der Waals surface area contributed by atoms with Crippen molar-refractivity contribution in [2.24, 2.45) is 0 Å². The van der Waals surface area contributed by atoms with E-state index in [2.05, 4.69) is 10.6 Å². The Kier molecular flexibility index (Phi) is 4.68. The van der Waals surface area contributed by atoms with Crippen molar-refractivity contribution in [3.05, 3.63) is 41.1 Å². The van der Waals surface area contributed by atoms with Crippen LogP contribution in [-0.2, 0) is 14.3 Å². The second-order valence-electron chi connectivity index (χ2n) is 5.05. The van der Waals surface area contributed by atoms with Crippen LogP contribution in [0.4, 0.5) is 10.5 Å². The molecule has 3 rings (SSSR count). The number of carbonyl (C=O) groups is 2. The smallest absolute Gasteiger partial charge is 0.358 e. The number of para-hydroxylation sites is 1. The first kappa shape index (κ1) is 15.6. The van der Waals surface area contributed by atoms with Crippen molar-refractivity contribution in [1.82, 2.24) is 10.2 Å². The number of ether oxygens (including phenoxy) is 2. The van der Waals surface area contributed by atoms with Gasteiger partial charge in [0.05, 0.1) is 13.2 Å². The number of cyclic esters (lactones) is 1. The largest absolute Gasteiger partial charge is 0.431 e. The first-order chi connectivity index (χ1) is 11.1. The predicted octanol–water partition coefficient (Wildman–Crippen LogP) is 1.47. The van der Waals surface area contributed by atoms with Crippen molar-refractivity contribution in [2.45, 2.75) is 6.23 Å². The Hall–Kier alpha value is -2.25. The van der Waals surface area contributed by atoms with Gasteiger partial charge in [0.15, 0.2) is 0 Å². The highest BCUT2D eigenvalue weighted by Crippen LogP contribution is 2.28. The maximum Gasteiger partial charge on any atom is 0.358 e. The molecule has 1 aromatic rings. The number of benzene rings is 1. The zero-order chi connectivity index (χ0) is 16.2. The minimum absolute atomic E-state index is 0.181. The molecule has 2 aliphatic rings. The van der Waals surface area contributed by atoms with E-state index in [1.807, 2.05) is 11.0 Å². The Balaban J connectivity index is 1.65. The van der Waals surface area contributed by atoms with Gasteiger partial charge in [-0.3, -0.25) is 5.32 Å². The Morgan fingerprint density at radius 3 is 2.61 bits per heavy atom. The normalized spacial score (nSPS) is 21.2. The molecule has 7 nitrogen and oxygen atoms in total. The van der Waals surface area contributed by atoms with Gasteiger partial charge in [0, 0.05) is 18.8 Å². The lowest BCUT2D eigenvalue weighted by atomic mass is 10.3. The molecular formula is C15H16ClN3O4. The molecule has 1 atom stereocenters. The summed E-state index contributed by atoms with van der Waals surface area (Å²) in [6.07, 6.45) is -0.981. The van der Waals surface area contributed by atoms with Crippen LogP contribution >= 0.6 is 11.6 Å². The van der Waals surface area contributed by atoms with Gasteiger partial charge in [-0.25, -0.2) is 9.59 Å². The van der Waals surface area contributed by atoms with E-state index < -0.39 is 18.2 Å². The van der Waals surface area contributed by atoms with Gasteiger partial charge in [-0.05, 0) is 12.1 Å². The molecule has 1 fully saturated rings. The van der Waals surface area contributed by atoms with Crippen molar-refractivity contribution >= 4 is 29.3 Å². The number of morpholine rings is 1. The standard InChI is InChI=1S/C15H16ClN3O4/c16-11-12(19-6-8-22-9-7-19)14(20)23-13(11)18-15(21)17-10-4-2-1-3-5-10/h1-5,13H,6-9H2,(H2,17,18,21). The van der Waals surface area contributed by atoms with Crippen LogP contribution in [0.3, 0.4) is 0 Å². The lowest BCUT2D eigenvalue weighted by molar-refractivity contribution is -0.142. The van der Waals surface area contributed by atoms with Crippen molar-refractivity contribution in [1.29, 1.82) is 0 Å². The van der Waals surface area contributed by atoms with Gasteiger partial charge < -0.3 is 19.7 Å². The minimum atomic E-state index is -0.981. The van der Waals surface area contributed by atoms with E-state index in [1.165, 1.54) is 0 Å². The molecule has 1 aromatic carbocycles. The van der Waals surface area contributed by atoms with Crippen molar-refractivity contribution in [2.75, 3.05) is 31.6 Å². The molecule has 23 heavy (non-hydrogen) atoms. The number of carbonyl (C=O) groups excluding carboxylic acids is 2. The van der Waals surface area contributed by atoms with Gasteiger partial charge in [-0.15, -0.1) is 0 Å². The molecule has 0 saturated carbocycles. The molecule has 0 bridgehead atoms. The summed E-state index contributed by atoms with van der Waals surface area (Å²) in [5, 5.41) is 5.36. The Morgan fingerprint density at radius 2 is 1.91 bits per heavy atom. The number of nitrogens with zero attached hydrogens (tertiary/aromatic N) is 1. The molecule has 2 aliphatic heterocycles. The maximum atomic E-state index is 12.0. The maximum absolute atomic E-state index is 12.0. The number of hydrogen-bond donors (Lipinski definition) is 2. The van der Waals surface area contributed by atoms with E-state index >= 15 is 0 Å². The van der Waals surface area contributed by atoms with E-state index in [0.717, 1.165) is 0 Å². The highest BCUT2D eigenvalue weighted by molar-refractivity contribution is 6.33. The highest BCUT2D eigenvalue weighted by atomic mass is 35.5. The van der Waals surface area contributed by atoms with Crippen LogP contribution < -0.4 is 10.6 Å². The summed E-state index contributed by atoms with van der Waals surface area (Å²) in [5.41, 5.74) is 0.919. The molecule has 2 N–H and O–H groups in total. The third-order valence-electron chi connectivity index (χ3n) is 3.50. The van der Waals surface area contributed by atoms with E-state index in [4.69, 9.17) is 21.1 Å². The average Bonchev–Trinajstić information content (AvgIpc) is 2.83. The number of rotatable bonds is 3. The summed E-state index contributed by atoms with van der Waals surface area (Å²) >= 11 is 6.23. The number of nitrogens with one attached hydrogen (secondary N) is 2. The minimum Gasteiger partial charge on any atom is -0.431 e. The van der Waals surface area contributed by atoms with Crippen LogP contribution in [0.5, 0.6) is 0 Å². The molecule has 122 valence electrons. The lowest BCUT2D eigenvalue weighted by Gasteiger charge is -2.28. The highest BCUT2D eigenvalue weighted by Gasteiger charge is 2.37. The first-order valence-electron chi connectivity index (χ1n) is 7.21. The van der Waals surface area contributed by atoms with Gasteiger partial charge >= 0.3 is 12.0 Å². The zero-order valence-electron chi connectivity index (χ0n) is 12.3. The molecule has 0 radical (unpaired) electrons. The van der Waals surface area contributed by atoms with Gasteiger partial charge in [-0.2, -0.15) is 0 Å². The molecule has 0 spiro atoms. The number of anilines is 1. The molecular weight excluding hydrogens is 322 g/mol. The quantitative estimate of drug-likeness (QED) is 0.817. The van der Waals surface area contributed by atoms with E-state index in [1.54, 1.807) is 24.3 Å². The van der Waals surface area contributed by atoms with Gasteiger partial charge in [0.25, 0.3) is 0 Å². The second kappa shape index (κ2) is 6.89. The SMILES string of the molecule is O=C(Nc1ccccc1)NC1OC(=O)C(N2CCOCC2)=C1Cl. The summed E-state index contributed by atoms with van der Waals surface area (Å²) in [6.45, 7) is 2.16. The third-order valence-corrected chi connectivity index (χ3v) is 3.87. The fourth-order valence-electron chi connectivity index (χ4n) is 2.40. The molecule has 1 saturated heterocycles. The van der Waals surface area contributed by atoms with Crippen molar-refractivity contribution in [3.63, 3.8) is 0 Å². The van der Waals surface area contributed by atoms with Crippen LogP contribution in [0, 0.1) is 0 Å². The molecule has 1 unspecified atom stereocenters. The number of urea groups is 1. The van der Waals surface area contributed by atoms with E-state index in [0.29, 0.717) is 37.7 Å². The molecule has 2 heterocycles. The molecule has 8 heteroatoms. The van der Waals surface area contributed by atoms with Crippen molar-refractivity contribution < 1.29 is 19.1 Å². The fourth-order valence-corrected chi connectivity index (χ4v) is 2.70. The fraction of sp³-hybridized carbons (Fsp3) is 0.333. The molecule has 2 amide bonds. The number of amides is 2. The number of halogens is 1. The topological polar surface area (TPSA) is 79.9 Å².